The van der Waals surface area contributed by atoms with Gasteiger partial charge in [-0.2, -0.15) is 0 Å². The number of aliphatic hydroxyl groups is 1. The van der Waals surface area contributed by atoms with Crippen molar-refractivity contribution in [3.63, 3.8) is 0 Å². The van der Waals surface area contributed by atoms with E-state index in [-0.39, 0.29) is 12.6 Å². The second-order valence-corrected chi connectivity index (χ2v) is 5.14. The molecule has 0 fully saturated rings. The van der Waals surface area contributed by atoms with Crippen molar-refractivity contribution >= 4 is 5.97 Å². The third-order valence-corrected chi connectivity index (χ3v) is 3.23. The van der Waals surface area contributed by atoms with E-state index in [1.165, 1.54) is 25.7 Å². The maximum atomic E-state index is 11.4. The van der Waals surface area contributed by atoms with Gasteiger partial charge in [0.1, 0.15) is 0 Å². The summed E-state index contributed by atoms with van der Waals surface area (Å²) in [6.45, 7) is 4.98. The molecule has 108 valence electrons. The standard InChI is InChI=1S/C15H30O3/c1-3-4-5-6-7-8-9-15(17)18-13-11-14(2)10-12-16/h14,16H,3-13H2,1-2H3. The third-order valence-electron chi connectivity index (χ3n) is 3.23. The van der Waals surface area contributed by atoms with Crippen LogP contribution < -0.4 is 0 Å². The van der Waals surface area contributed by atoms with Gasteiger partial charge in [0.25, 0.3) is 0 Å². The largest absolute Gasteiger partial charge is 0.466 e. The molecule has 0 spiro atoms. The zero-order valence-corrected chi connectivity index (χ0v) is 12.1. The molecule has 3 heteroatoms. The minimum Gasteiger partial charge on any atom is -0.466 e. The number of unbranched alkanes of at least 4 members (excludes halogenated alkanes) is 5. The number of ether oxygens (including phenoxy) is 1. The summed E-state index contributed by atoms with van der Waals surface area (Å²) in [6.07, 6.45) is 9.35. The molecule has 1 atom stereocenters. The minimum atomic E-state index is -0.0679. The molecule has 1 unspecified atom stereocenters. The van der Waals surface area contributed by atoms with Gasteiger partial charge in [-0.1, -0.05) is 46.0 Å². The second-order valence-electron chi connectivity index (χ2n) is 5.14. The number of hydrogen-bond acceptors (Lipinski definition) is 3. The van der Waals surface area contributed by atoms with Crippen molar-refractivity contribution in [1.82, 2.24) is 0 Å². The SMILES string of the molecule is CCCCCCCCC(=O)OCCC(C)CCO. The van der Waals surface area contributed by atoms with E-state index in [0.717, 1.165) is 25.7 Å². The third kappa shape index (κ3) is 11.9. The number of hydrogen-bond donors (Lipinski definition) is 1. The Morgan fingerprint density at radius 3 is 2.44 bits per heavy atom. The highest BCUT2D eigenvalue weighted by atomic mass is 16.5. The van der Waals surface area contributed by atoms with Crippen LogP contribution in [0.2, 0.25) is 0 Å². The molecule has 1 N–H and O–H groups in total. The summed E-state index contributed by atoms with van der Waals surface area (Å²) in [5.41, 5.74) is 0. The van der Waals surface area contributed by atoms with Gasteiger partial charge in [-0.3, -0.25) is 4.79 Å². The van der Waals surface area contributed by atoms with Gasteiger partial charge in [-0.15, -0.1) is 0 Å². The summed E-state index contributed by atoms with van der Waals surface area (Å²) < 4.78 is 5.17. The Morgan fingerprint density at radius 1 is 1.11 bits per heavy atom. The van der Waals surface area contributed by atoms with Gasteiger partial charge in [0.15, 0.2) is 0 Å². The Morgan fingerprint density at radius 2 is 1.78 bits per heavy atom. The molecule has 0 rings (SSSR count). The molecule has 18 heavy (non-hydrogen) atoms. The van der Waals surface area contributed by atoms with Crippen LogP contribution in [-0.2, 0) is 9.53 Å². The van der Waals surface area contributed by atoms with Crippen molar-refractivity contribution in [1.29, 1.82) is 0 Å². The van der Waals surface area contributed by atoms with E-state index in [4.69, 9.17) is 9.84 Å². The smallest absolute Gasteiger partial charge is 0.305 e. The number of aliphatic hydroxyl groups excluding tert-OH is 1. The Balaban J connectivity index is 3.27. The highest BCUT2D eigenvalue weighted by Crippen LogP contribution is 2.09. The van der Waals surface area contributed by atoms with Crippen LogP contribution in [0.25, 0.3) is 0 Å². The summed E-state index contributed by atoms with van der Waals surface area (Å²) in [4.78, 5) is 11.4. The van der Waals surface area contributed by atoms with Gasteiger partial charge >= 0.3 is 5.97 Å². The fraction of sp³-hybridized carbons (Fsp3) is 0.933. The fourth-order valence-electron chi connectivity index (χ4n) is 1.86. The van der Waals surface area contributed by atoms with Crippen LogP contribution in [0.1, 0.15) is 71.6 Å². The van der Waals surface area contributed by atoms with E-state index in [9.17, 15) is 4.79 Å². The number of carbonyl (C=O) groups is 1. The van der Waals surface area contributed by atoms with Gasteiger partial charge in [0.2, 0.25) is 0 Å². The van der Waals surface area contributed by atoms with E-state index in [2.05, 4.69) is 13.8 Å². The predicted molar refractivity (Wildman–Crippen MR) is 74.4 cm³/mol. The van der Waals surface area contributed by atoms with Crippen molar-refractivity contribution < 1.29 is 14.6 Å². The quantitative estimate of drug-likeness (QED) is 0.429. The highest BCUT2D eigenvalue weighted by Gasteiger charge is 2.05. The van der Waals surface area contributed by atoms with E-state index in [0.29, 0.717) is 18.9 Å². The fourth-order valence-corrected chi connectivity index (χ4v) is 1.86. The maximum absolute atomic E-state index is 11.4. The van der Waals surface area contributed by atoms with Gasteiger partial charge in [0.05, 0.1) is 6.61 Å². The van der Waals surface area contributed by atoms with E-state index in [1.54, 1.807) is 0 Å². The average Bonchev–Trinajstić information content (AvgIpc) is 2.34. The van der Waals surface area contributed by atoms with Crippen LogP contribution >= 0.6 is 0 Å². The summed E-state index contributed by atoms with van der Waals surface area (Å²) in [5, 5.41) is 8.74. The van der Waals surface area contributed by atoms with Crippen LogP contribution in [0.5, 0.6) is 0 Å². The topological polar surface area (TPSA) is 46.5 Å². The molecule has 0 heterocycles. The Kier molecular flexibility index (Phi) is 12.5. The zero-order chi connectivity index (χ0) is 13.6. The van der Waals surface area contributed by atoms with Crippen LogP contribution in [-0.4, -0.2) is 24.3 Å². The van der Waals surface area contributed by atoms with Gasteiger partial charge in [-0.25, -0.2) is 0 Å². The molecule has 3 nitrogen and oxygen atoms in total. The Hall–Kier alpha value is -0.570. The molecule has 0 saturated carbocycles. The first-order valence-corrected chi connectivity index (χ1v) is 7.47. The molecular formula is C15H30O3. The first-order valence-electron chi connectivity index (χ1n) is 7.47. The molecule has 0 aliphatic carbocycles. The second kappa shape index (κ2) is 12.9. The molecule has 0 saturated heterocycles. The van der Waals surface area contributed by atoms with Crippen LogP contribution in [0.3, 0.4) is 0 Å². The lowest BCUT2D eigenvalue weighted by Crippen LogP contribution is -2.09. The van der Waals surface area contributed by atoms with Crippen molar-refractivity contribution in [3.8, 4) is 0 Å². The summed E-state index contributed by atoms with van der Waals surface area (Å²) in [7, 11) is 0. The van der Waals surface area contributed by atoms with Crippen molar-refractivity contribution in [3.05, 3.63) is 0 Å². The number of carbonyl (C=O) groups excluding carboxylic acids is 1. The number of rotatable bonds is 12. The Labute approximate surface area is 112 Å². The lowest BCUT2D eigenvalue weighted by atomic mass is 10.1. The number of esters is 1. The average molecular weight is 258 g/mol. The Bertz CT molecular complexity index is 192. The summed E-state index contributed by atoms with van der Waals surface area (Å²) in [5.74, 6) is 0.360. The lowest BCUT2D eigenvalue weighted by molar-refractivity contribution is -0.144. The van der Waals surface area contributed by atoms with Crippen LogP contribution in [0.15, 0.2) is 0 Å². The van der Waals surface area contributed by atoms with Crippen LogP contribution in [0, 0.1) is 5.92 Å². The van der Waals surface area contributed by atoms with Crippen molar-refractivity contribution in [2.75, 3.05) is 13.2 Å². The maximum Gasteiger partial charge on any atom is 0.305 e. The first kappa shape index (κ1) is 17.4. The molecule has 0 amide bonds. The molecule has 0 aromatic rings. The van der Waals surface area contributed by atoms with Crippen LogP contribution in [0.4, 0.5) is 0 Å². The monoisotopic (exact) mass is 258 g/mol. The molecule has 0 aromatic carbocycles. The van der Waals surface area contributed by atoms with Gasteiger partial charge in [-0.05, 0) is 25.2 Å². The summed E-state index contributed by atoms with van der Waals surface area (Å²) in [6, 6.07) is 0. The molecule has 0 aliphatic heterocycles. The van der Waals surface area contributed by atoms with Crippen molar-refractivity contribution in [2.45, 2.75) is 71.6 Å². The van der Waals surface area contributed by atoms with E-state index in [1.807, 2.05) is 0 Å². The zero-order valence-electron chi connectivity index (χ0n) is 12.1. The molecule has 0 aliphatic rings. The molecular weight excluding hydrogens is 228 g/mol. The predicted octanol–water partition coefficient (Wildman–Crippen LogP) is 3.69. The molecule has 0 radical (unpaired) electrons. The van der Waals surface area contributed by atoms with E-state index >= 15 is 0 Å². The lowest BCUT2D eigenvalue weighted by Gasteiger charge is -2.09. The van der Waals surface area contributed by atoms with Gasteiger partial charge in [0, 0.05) is 13.0 Å². The van der Waals surface area contributed by atoms with Gasteiger partial charge < -0.3 is 9.84 Å². The normalized spacial score (nSPS) is 12.4. The van der Waals surface area contributed by atoms with E-state index < -0.39 is 0 Å². The first-order chi connectivity index (χ1) is 8.70. The summed E-state index contributed by atoms with van der Waals surface area (Å²) >= 11 is 0. The highest BCUT2D eigenvalue weighted by molar-refractivity contribution is 5.69. The molecule has 0 aromatic heterocycles. The minimum absolute atomic E-state index is 0.0679. The van der Waals surface area contributed by atoms with Crippen molar-refractivity contribution in [2.24, 2.45) is 5.92 Å². The molecule has 0 bridgehead atoms.